The summed E-state index contributed by atoms with van der Waals surface area (Å²) >= 11 is 5.93. The van der Waals surface area contributed by atoms with Crippen molar-refractivity contribution in [3.05, 3.63) is 65.8 Å². The van der Waals surface area contributed by atoms with E-state index >= 15 is 0 Å². The van der Waals surface area contributed by atoms with Crippen LogP contribution in [-0.4, -0.2) is 24.8 Å². The van der Waals surface area contributed by atoms with E-state index in [0.29, 0.717) is 21.9 Å². The molecule has 0 saturated heterocycles. The standard InChI is InChI=1S/C18H12ClN3O2/c19-12-3-1-11(2-4-12)15-10-18-20-8-7-16(22(18)21-15)14-9-13(23)5-6-17(14)24/h1-10,23-24H. The van der Waals surface area contributed by atoms with Crippen LogP contribution in [0.2, 0.25) is 5.02 Å². The number of hydrogen-bond donors (Lipinski definition) is 2. The van der Waals surface area contributed by atoms with Crippen molar-refractivity contribution in [2.24, 2.45) is 0 Å². The van der Waals surface area contributed by atoms with Gasteiger partial charge in [-0.1, -0.05) is 23.7 Å². The van der Waals surface area contributed by atoms with Crippen LogP contribution in [0.25, 0.3) is 28.2 Å². The lowest BCUT2D eigenvalue weighted by molar-refractivity contribution is 0.461. The summed E-state index contributed by atoms with van der Waals surface area (Å²) in [5.41, 5.74) is 3.41. The highest BCUT2D eigenvalue weighted by Gasteiger charge is 2.13. The van der Waals surface area contributed by atoms with Gasteiger partial charge in [-0.3, -0.25) is 0 Å². The number of phenols is 2. The summed E-state index contributed by atoms with van der Waals surface area (Å²) in [6, 6.07) is 15.3. The molecule has 5 nitrogen and oxygen atoms in total. The van der Waals surface area contributed by atoms with Gasteiger partial charge in [0.1, 0.15) is 11.5 Å². The maximum Gasteiger partial charge on any atom is 0.156 e. The lowest BCUT2D eigenvalue weighted by Gasteiger charge is -2.07. The summed E-state index contributed by atoms with van der Waals surface area (Å²) in [6.45, 7) is 0. The SMILES string of the molecule is Oc1ccc(O)c(-c2ccnc3cc(-c4ccc(Cl)cc4)nn23)c1. The average molecular weight is 338 g/mol. The molecular weight excluding hydrogens is 326 g/mol. The summed E-state index contributed by atoms with van der Waals surface area (Å²) in [7, 11) is 0. The molecule has 0 spiro atoms. The zero-order chi connectivity index (χ0) is 16.7. The van der Waals surface area contributed by atoms with E-state index in [1.165, 1.54) is 18.2 Å². The van der Waals surface area contributed by atoms with E-state index in [2.05, 4.69) is 10.1 Å². The fourth-order valence-electron chi connectivity index (χ4n) is 2.59. The Hall–Kier alpha value is -3.05. The fourth-order valence-corrected chi connectivity index (χ4v) is 2.72. The smallest absolute Gasteiger partial charge is 0.156 e. The second-order valence-electron chi connectivity index (χ2n) is 5.34. The molecule has 4 aromatic rings. The van der Waals surface area contributed by atoms with Crippen LogP contribution in [0.1, 0.15) is 0 Å². The predicted molar refractivity (Wildman–Crippen MR) is 92.2 cm³/mol. The van der Waals surface area contributed by atoms with E-state index in [4.69, 9.17) is 11.6 Å². The number of nitrogens with zero attached hydrogens (tertiary/aromatic N) is 3. The van der Waals surface area contributed by atoms with E-state index in [9.17, 15) is 10.2 Å². The van der Waals surface area contributed by atoms with Crippen molar-refractivity contribution < 1.29 is 10.2 Å². The molecule has 2 N–H and O–H groups in total. The monoisotopic (exact) mass is 337 g/mol. The summed E-state index contributed by atoms with van der Waals surface area (Å²) < 4.78 is 1.64. The van der Waals surface area contributed by atoms with Gasteiger partial charge in [-0.15, -0.1) is 0 Å². The van der Waals surface area contributed by atoms with Gasteiger partial charge in [-0.25, -0.2) is 9.50 Å². The number of benzene rings is 2. The molecule has 118 valence electrons. The van der Waals surface area contributed by atoms with Crippen LogP contribution in [-0.2, 0) is 0 Å². The Kier molecular flexibility index (Phi) is 3.36. The molecule has 0 atom stereocenters. The van der Waals surface area contributed by atoms with Gasteiger partial charge in [-0.2, -0.15) is 5.10 Å². The van der Waals surface area contributed by atoms with Gasteiger partial charge in [0.2, 0.25) is 0 Å². The third-order valence-electron chi connectivity index (χ3n) is 3.75. The molecule has 0 aliphatic heterocycles. The topological polar surface area (TPSA) is 70.7 Å². The van der Waals surface area contributed by atoms with Crippen molar-refractivity contribution in [3.8, 4) is 34.0 Å². The first-order chi connectivity index (χ1) is 11.6. The van der Waals surface area contributed by atoms with Crippen molar-refractivity contribution in [1.82, 2.24) is 14.6 Å². The first-order valence-corrected chi connectivity index (χ1v) is 7.63. The van der Waals surface area contributed by atoms with Crippen molar-refractivity contribution in [2.75, 3.05) is 0 Å². The lowest BCUT2D eigenvalue weighted by Crippen LogP contribution is -1.96. The Balaban J connectivity index is 1.92. The third kappa shape index (κ3) is 2.45. The normalized spacial score (nSPS) is 11.0. The highest BCUT2D eigenvalue weighted by Crippen LogP contribution is 2.32. The van der Waals surface area contributed by atoms with Gasteiger partial charge in [0.25, 0.3) is 0 Å². The number of phenolic OH excluding ortho intramolecular Hbond substituents is 2. The van der Waals surface area contributed by atoms with Gasteiger partial charge < -0.3 is 10.2 Å². The van der Waals surface area contributed by atoms with Crippen LogP contribution < -0.4 is 0 Å². The first-order valence-electron chi connectivity index (χ1n) is 7.25. The molecule has 2 aromatic carbocycles. The molecule has 0 radical (unpaired) electrons. The highest BCUT2D eigenvalue weighted by atomic mass is 35.5. The molecule has 0 aliphatic carbocycles. The maximum absolute atomic E-state index is 10.1. The molecule has 2 heterocycles. The van der Waals surface area contributed by atoms with Gasteiger partial charge in [-0.05, 0) is 36.4 Å². The molecule has 2 aromatic heterocycles. The summed E-state index contributed by atoms with van der Waals surface area (Å²) in [6.07, 6.45) is 1.64. The number of fused-ring (bicyclic) bond motifs is 1. The lowest BCUT2D eigenvalue weighted by atomic mass is 10.1. The summed E-state index contributed by atoms with van der Waals surface area (Å²) in [4.78, 5) is 4.31. The van der Waals surface area contributed by atoms with Crippen LogP contribution in [0.15, 0.2) is 60.8 Å². The Morgan fingerprint density at radius 2 is 1.71 bits per heavy atom. The minimum Gasteiger partial charge on any atom is -0.508 e. The highest BCUT2D eigenvalue weighted by molar-refractivity contribution is 6.30. The fraction of sp³-hybridized carbons (Fsp3) is 0. The van der Waals surface area contributed by atoms with Crippen LogP contribution >= 0.6 is 11.6 Å². The van der Waals surface area contributed by atoms with Gasteiger partial charge in [0.15, 0.2) is 5.65 Å². The molecule has 4 rings (SSSR count). The molecule has 0 fully saturated rings. The molecular formula is C18H12ClN3O2. The van der Waals surface area contributed by atoms with Crippen molar-refractivity contribution >= 4 is 17.2 Å². The van der Waals surface area contributed by atoms with Crippen molar-refractivity contribution in [2.45, 2.75) is 0 Å². The van der Waals surface area contributed by atoms with Gasteiger partial charge in [0.05, 0.1) is 11.4 Å². The van der Waals surface area contributed by atoms with E-state index in [1.54, 1.807) is 28.9 Å². The molecule has 0 saturated carbocycles. The molecule has 0 bridgehead atoms. The van der Waals surface area contributed by atoms with Crippen molar-refractivity contribution in [3.63, 3.8) is 0 Å². The maximum atomic E-state index is 10.1. The number of halogens is 1. The molecule has 0 aliphatic rings. The van der Waals surface area contributed by atoms with Crippen LogP contribution in [0.5, 0.6) is 11.5 Å². The van der Waals surface area contributed by atoms with Crippen molar-refractivity contribution in [1.29, 1.82) is 0 Å². The van der Waals surface area contributed by atoms with E-state index in [1.807, 2.05) is 18.2 Å². The Bertz CT molecular complexity index is 1040. The zero-order valence-electron chi connectivity index (χ0n) is 12.4. The van der Waals surface area contributed by atoms with E-state index in [-0.39, 0.29) is 11.5 Å². The number of aromatic hydroxyl groups is 2. The number of aromatic nitrogens is 3. The minimum absolute atomic E-state index is 0.0591. The van der Waals surface area contributed by atoms with Gasteiger partial charge in [0, 0.05) is 28.4 Å². The summed E-state index contributed by atoms with van der Waals surface area (Å²) in [5, 5.41) is 25.1. The average Bonchev–Trinajstić information content (AvgIpc) is 3.02. The Labute approximate surface area is 142 Å². The Morgan fingerprint density at radius 1 is 0.917 bits per heavy atom. The third-order valence-corrected chi connectivity index (χ3v) is 4.01. The Morgan fingerprint density at radius 3 is 2.50 bits per heavy atom. The molecule has 0 unspecified atom stereocenters. The zero-order valence-corrected chi connectivity index (χ0v) is 13.1. The molecule has 0 amide bonds. The number of rotatable bonds is 2. The molecule has 6 heteroatoms. The van der Waals surface area contributed by atoms with E-state index in [0.717, 1.165) is 11.3 Å². The summed E-state index contributed by atoms with van der Waals surface area (Å²) in [5.74, 6) is 0.127. The first kappa shape index (κ1) is 14.5. The van der Waals surface area contributed by atoms with Gasteiger partial charge >= 0.3 is 0 Å². The van der Waals surface area contributed by atoms with Crippen LogP contribution in [0, 0.1) is 0 Å². The second-order valence-corrected chi connectivity index (χ2v) is 5.77. The second kappa shape index (κ2) is 5.54. The largest absolute Gasteiger partial charge is 0.508 e. The molecule has 24 heavy (non-hydrogen) atoms. The van der Waals surface area contributed by atoms with Crippen LogP contribution in [0.3, 0.4) is 0 Å². The number of hydrogen-bond acceptors (Lipinski definition) is 4. The van der Waals surface area contributed by atoms with Crippen LogP contribution in [0.4, 0.5) is 0 Å². The minimum atomic E-state index is 0.0591. The quantitative estimate of drug-likeness (QED) is 0.540. The predicted octanol–water partition coefficient (Wildman–Crippen LogP) is 4.13. The van der Waals surface area contributed by atoms with E-state index < -0.39 is 0 Å².